The van der Waals surface area contributed by atoms with Crippen LogP contribution in [0.15, 0.2) is 164 Å². The number of thiophene rings is 2. The summed E-state index contributed by atoms with van der Waals surface area (Å²) in [5.74, 6) is 2.00. The van der Waals surface area contributed by atoms with Crippen LogP contribution in [0, 0.1) is 0 Å². The predicted octanol–water partition coefficient (Wildman–Crippen LogP) is 12.9. The Hall–Kier alpha value is -6.01. The van der Waals surface area contributed by atoms with E-state index in [0.29, 0.717) is 17.5 Å². The quantitative estimate of drug-likeness (QED) is 0.182. The Bertz CT molecular complexity index is 2800. The van der Waals surface area contributed by atoms with E-state index in [4.69, 9.17) is 15.0 Å². The van der Waals surface area contributed by atoms with Crippen molar-refractivity contribution in [3.05, 3.63) is 164 Å². The molecular formula is C45H27N3S2. The summed E-state index contributed by atoms with van der Waals surface area (Å²) in [5, 5.41) is 5.12. The van der Waals surface area contributed by atoms with E-state index in [0.717, 1.165) is 16.7 Å². The summed E-state index contributed by atoms with van der Waals surface area (Å²) in [6, 6.07) is 58.0. The van der Waals surface area contributed by atoms with E-state index in [-0.39, 0.29) is 0 Å². The van der Waals surface area contributed by atoms with Gasteiger partial charge in [0, 0.05) is 62.6 Å². The van der Waals surface area contributed by atoms with Crippen molar-refractivity contribution in [2.24, 2.45) is 0 Å². The Labute approximate surface area is 296 Å². The van der Waals surface area contributed by atoms with Gasteiger partial charge in [-0.3, -0.25) is 0 Å². The standard InChI is InChI=1S/C45H27N3S2/c1-4-12-28(13-5-1)36-25-33(26-38-34-18-10-11-19-39(34)50-42(36)38)31-21-23-40-37(24-31)35-22-20-32(27-41(35)49-40)45-47-43(29-14-6-2-7-15-29)46-44(48-45)30-16-8-3-9-17-30/h1-27H. The lowest BCUT2D eigenvalue weighted by Gasteiger charge is -2.09. The third-order valence-corrected chi connectivity index (χ3v) is 11.7. The molecule has 0 amide bonds. The lowest BCUT2D eigenvalue weighted by atomic mass is 9.95. The van der Waals surface area contributed by atoms with Gasteiger partial charge < -0.3 is 0 Å². The molecule has 0 aliphatic carbocycles. The molecule has 0 aliphatic heterocycles. The molecule has 3 nitrogen and oxygen atoms in total. The van der Waals surface area contributed by atoms with Crippen LogP contribution in [0.3, 0.4) is 0 Å². The molecule has 5 heteroatoms. The molecule has 10 aromatic rings. The summed E-state index contributed by atoms with van der Waals surface area (Å²) in [7, 11) is 0. The van der Waals surface area contributed by atoms with E-state index >= 15 is 0 Å². The molecule has 0 aliphatic rings. The van der Waals surface area contributed by atoms with E-state index in [1.54, 1.807) is 0 Å². The van der Waals surface area contributed by atoms with Crippen molar-refractivity contribution in [2.75, 3.05) is 0 Å². The van der Waals surface area contributed by atoms with Gasteiger partial charge in [0.15, 0.2) is 17.5 Å². The van der Waals surface area contributed by atoms with Gasteiger partial charge in [-0.1, -0.05) is 127 Å². The molecule has 7 aromatic carbocycles. The Kier molecular flexibility index (Phi) is 6.86. The fraction of sp³-hybridized carbons (Fsp3) is 0. The Balaban J connectivity index is 1.11. The third kappa shape index (κ3) is 4.98. The van der Waals surface area contributed by atoms with Crippen LogP contribution in [0.4, 0.5) is 0 Å². The van der Waals surface area contributed by atoms with Crippen molar-refractivity contribution >= 4 is 63.0 Å². The van der Waals surface area contributed by atoms with E-state index in [1.807, 2.05) is 83.3 Å². The van der Waals surface area contributed by atoms with Gasteiger partial charge in [-0.05, 0) is 53.1 Å². The Morgan fingerprint density at radius 2 is 0.840 bits per heavy atom. The summed E-state index contributed by atoms with van der Waals surface area (Å²) < 4.78 is 5.12. The highest BCUT2D eigenvalue weighted by molar-refractivity contribution is 7.26. The number of nitrogens with zero attached hydrogens (tertiary/aromatic N) is 3. The smallest absolute Gasteiger partial charge is 0.164 e. The first kappa shape index (κ1) is 29.0. The van der Waals surface area contributed by atoms with E-state index in [9.17, 15) is 0 Å². The number of hydrogen-bond donors (Lipinski definition) is 0. The van der Waals surface area contributed by atoms with Gasteiger partial charge in [0.05, 0.1) is 0 Å². The lowest BCUT2D eigenvalue weighted by molar-refractivity contribution is 1.07. The van der Waals surface area contributed by atoms with Crippen LogP contribution >= 0.6 is 22.7 Å². The van der Waals surface area contributed by atoms with Crippen LogP contribution in [0.1, 0.15) is 0 Å². The Morgan fingerprint density at radius 1 is 0.300 bits per heavy atom. The molecule has 3 aromatic heterocycles. The van der Waals surface area contributed by atoms with Gasteiger partial charge in [0.25, 0.3) is 0 Å². The van der Waals surface area contributed by atoms with E-state index in [2.05, 4.69) is 103 Å². The highest BCUT2D eigenvalue weighted by Crippen LogP contribution is 2.44. The lowest BCUT2D eigenvalue weighted by Crippen LogP contribution is -1.99. The van der Waals surface area contributed by atoms with Crippen LogP contribution < -0.4 is 0 Å². The zero-order valence-corrected chi connectivity index (χ0v) is 28.4. The van der Waals surface area contributed by atoms with Crippen molar-refractivity contribution in [3.8, 4) is 56.4 Å². The number of rotatable bonds is 5. The summed E-state index contributed by atoms with van der Waals surface area (Å²) in [5.41, 5.74) is 7.87. The van der Waals surface area contributed by atoms with Gasteiger partial charge in [-0.2, -0.15) is 0 Å². The second kappa shape index (κ2) is 11.8. The second-order valence-corrected chi connectivity index (χ2v) is 14.6. The van der Waals surface area contributed by atoms with Gasteiger partial charge in [-0.25, -0.2) is 15.0 Å². The predicted molar refractivity (Wildman–Crippen MR) is 213 cm³/mol. The van der Waals surface area contributed by atoms with Crippen LogP contribution in [0.2, 0.25) is 0 Å². The minimum atomic E-state index is 0.667. The fourth-order valence-electron chi connectivity index (χ4n) is 6.86. The average Bonchev–Trinajstić information content (AvgIpc) is 3.76. The molecule has 0 fully saturated rings. The van der Waals surface area contributed by atoms with E-state index < -0.39 is 0 Å². The van der Waals surface area contributed by atoms with Crippen LogP contribution in [-0.4, -0.2) is 15.0 Å². The highest BCUT2D eigenvalue weighted by Gasteiger charge is 2.16. The number of aromatic nitrogens is 3. The maximum Gasteiger partial charge on any atom is 0.164 e. The van der Waals surface area contributed by atoms with Gasteiger partial charge in [0.2, 0.25) is 0 Å². The van der Waals surface area contributed by atoms with Gasteiger partial charge in [-0.15, -0.1) is 22.7 Å². The minimum Gasteiger partial charge on any atom is -0.208 e. The fourth-order valence-corrected chi connectivity index (χ4v) is 9.21. The van der Waals surface area contributed by atoms with Crippen molar-refractivity contribution < 1.29 is 0 Å². The third-order valence-electron chi connectivity index (χ3n) is 9.33. The molecule has 234 valence electrons. The van der Waals surface area contributed by atoms with Crippen molar-refractivity contribution in [2.45, 2.75) is 0 Å². The molecule has 50 heavy (non-hydrogen) atoms. The van der Waals surface area contributed by atoms with Crippen LogP contribution in [0.25, 0.3) is 96.8 Å². The van der Waals surface area contributed by atoms with Gasteiger partial charge >= 0.3 is 0 Å². The largest absolute Gasteiger partial charge is 0.208 e. The molecule has 0 N–H and O–H groups in total. The molecule has 0 saturated heterocycles. The van der Waals surface area contributed by atoms with Crippen molar-refractivity contribution in [1.82, 2.24) is 15.0 Å². The number of benzene rings is 7. The Morgan fingerprint density at radius 3 is 1.54 bits per heavy atom. The molecule has 0 spiro atoms. The molecule has 3 heterocycles. The molecule has 0 unspecified atom stereocenters. The zero-order chi connectivity index (χ0) is 33.0. The summed E-state index contributed by atoms with van der Waals surface area (Å²) in [6.07, 6.45) is 0. The van der Waals surface area contributed by atoms with E-state index in [1.165, 1.54) is 62.6 Å². The monoisotopic (exact) mass is 673 g/mol. The first-order valence-corrected chi connectivity index (χ1v) is 18.2. The maximum absolute atomic E-state index is 4.97. The molecular weight excluding hydrogens is 647 g/mol. The van der Waals surface area contributed by atoms with Crippen LogP contribution in [-0.2, 0) is 0 Å². The number of fused-ring (bicyclic) bond motifs is 6. The topological polar surface area (TPSA) is 38.7 Å². The zero-order valence-electron chi connectivity index (χ0n) is 26.7. The number of hydrogen-bond acceptors (Lipinski definition) is 5. The first-order chi connectivity index (χ1) is 24.7. The molecule has 0 bridgehead atoms. The SMILES string of the molecule is c1ccc(-c2nc(-c3ccccc3)nc(-c3ccc4c(c3)sc3ccc(-c5cc(-c6ccccc6)c6sc7ccccc7c6c5)cc34)n2)cc1. The van der Waals surface area contributed by atoms with Crippen molar-refractivity contribution in [3.63, 3.8) is 0 Å². The highest BCUT2D eigenvalue weighted by atomic mass is 32.1. The summed E-state index contributed by atoms with van der Waals surface area (Å²) >= 11 is 3.69. The first-order valence-electron chi connectivity index (χ1n) is 16.6. The maximum atomic E-state index is 4.97. The summed E-state index contributed by atoms with van der Waals surface area (Å²) in [6.45, 7) is 0. The molecule has 10 rings (SSSR count). The molecule has 0 radical (unpaired) electrons. The van der Waals surface area contributed by atoms with Crippen molar-refractivity contribution in [1.29, 1.82) is 0 Å². The average molecular weight is 674 g/mol. The second-order valence-electron chi connectivity index (χ2n) is 12.4. The van der Waals surface area contributed by atoms with Crippen LogP contribution in [0.5, 0.6) is 0 Å². The minimum absolute atomic E-state index is 0.667. The molecule has 0 atom stereocenters. The summed E-state index contributed by atoms with van der Waals surface area (Å²) in [4.78, 5) is 14.8. The van der Waals surface area contributed by atoms with Gasteiger partial charge in [0.1, 0.15) is 0 Å². The molecule has 0 saturated carbocycles. The normalized spacial score (nSPS) is 11.6.